The van der Waals surface area contributed by atoms with Crippen LogP contribution in [-0.2, 0) is 16.0 Å². The molecule has 3 rings (SSSR count). The van der Waals surface area contributed by atoms with Crippen molar-refractivity contribution < 1.29 is 24.9 Å². The Morgan fingerprint density at radius 3 is 2.23 bits per heavy atom. The molecule has 0 aliphatic carbocycles. The maximum atomic E-state index is 12.2. The van der Waals surface area contributed by atoms with Crippen LogP contribution >= 0.6 is 0 Å². The fourth-order valence-corrected chi connectivity index (χ4v) is 2.97. The number of aliphatic imine (C=N–C) groups is 1. The summed E-state index contributed by atoms with van der Waals surface area (Å²) in [7, 11) is 0. The molecule has 0 radical (unpaired) electrons. The van der Waals surface area contributed by atoms with Crippen LogP contribution in [-0.4, -0.2) is 39.5 Å². The van der Waals surface area contributed by atoms with Crippen molar-refractivity contribution in [3.8, 4) is 5.75 Å². The third-order valence-corrected chi connectivity index (χ3v) is 4.63. The third kappa shape index (κ3) is 6.01. The van der Waals surface area contributed by atoms with Gasteiger partial charge in [-0.3, -0.25) is 9.79 Å². The Kier molecular flexibility index (Phi) is 7.13. The molecule has 7 heteroatoms. The summed E-state index contributed by atoms with van der Waals surface area (Å²) in [5.74, 6) is -1.73. The lowest BCUT2D eigenvalue weighted by atomic mass is 10.0. The molecule has 0 saturated carbocycles. The molecule has 3 aromatic rings. The molecule has 0 aromatic heterocycles. The van der Waals surface area contributed by atoms with E-state index in [1.54, 1.807) is 72.8 Å². The van der Waals surface area contributed by atoms with Crippen LogP contribution in [0.3, 0.4) is 0 Å². The molecule has 0 heterocycles. The van der Waals surface area contributed by atoms with Crippen molar-refractivity contribution in [2.45, 2.75) is 18.6 Å². The van der Waals surface area contributed by atoms with Crippen LogP contribution in [0.25, 0.3) is 0 Å². The van der Waals surface area contributed by atoms with E-state index in [0.29, 0.717) is 16.8 Å². The van der Waals surface area contributed by atoms with Crippen molar-refractivity contribution >= 4 is 23.8 Å². The highest BCUT2D eigenvalue weighted by Crippen LogP contribution is 2.22. The Morgan fingerprint density at radius 2 is 1.58 bits per heavy atom. The number of benzene rings is 3. The van der Waals surface area contributed by atoms with Crippen molar-refractivity contribution in [3.63, 3.8) is 0 Å². The molecule has 1 amide bonds. The average molecular weight is 418 g/mol. The number of phenolic OH excluding ortho intramolecular Hbond substituents is 1. The molecule has 0 aliphatic heterocycles. The van der Waals surface area contributed by atoms with Gasteiger partial charge in [-0.25, -0.2) is 4.79 Å². The SMILES string of the molecule is O=C(Cc1ccccc1)N[C@H](C(=O)O)[C@@H](O)c1ccc(N=Cc2ccccc2O)cc1. The van der Waals surface area contributed by atoms with E-state index < -0.39 is 24.0 Å². The molecular formula is C24H22N2O5. The minimum absolute atomic E-state index is 0.0112. The topological polar surface area (TPSA) is 119 Å². The van der Waals surface area contributed by atoms with Crippen LogP contribution in [0.4, 0.5) is 5.69 Å². The van der Waals surface area contributed by atoms with Crippen LogP contribution in [0.1, 0.15) is 22.8 Å². The maximum Gasteiger partial charge on any atom is 0.329 e. The molecule has 0 aliphatic rings. The number of aromatic hydroxyl groups is 1. The number of aliphatic hydroxyl groups is 1. The highest BCUT2D eigenvalue weighted by Gasteiger charge is 2.29. The molecule has 158 valence electrons. The summed E-state index contributed by atoms with van der Waals surface area (Å²) in [6, 6.07) is 20.5. The molecule has 2 atom stereocenters. The van der Waals surface area contributed by atoms with E-state index in [2.05, 4.69) is 10.3 Å². The van der Waals surface area contributed by atoms with Crippen LogP contribution < -0.4 is 5.32 Å². The molecule has 0 bridgehead atoms. The van der Waals surface area contributed by atoms with Gasteiger partial charge in [0.25, 0.3) is 0 Å². The van der Waals surface area contributed by atoms with Gasteiger partial charge in [0.15, 0.2) is 6.04 Å². The van der Waals surface area contributed by atoms with Crippen molar-refractivity contribution in [1.29, 1.82) is 0 Å². The van der Waals surface area contributed by atoms with Gasteiger partial charge >= 0.3 is 5.97 Å². The number of phenols is 1. The van der Waals surface area contributed by atoms with Crippen molar-refractivity contribution in [1.82, 2.24) is 5.32 Å². The number of nitrogens with one attached hydrogen (secondary N) is 1. The van der Waals surface area contributed by atoms with E-state index in [0.717, 1.165) is 5.56 Å². The summed E-state index contributed by atoms with van der Waals surface area (Å²) >= 11 is 0. The summed E-state index contributed by atoms with van der Waals surface area (Å²) in [5, 5.41) is 32.2. The highest BCUT2D eigenvalue weighted by molar-refractivity contribution is 5.86. The monoisotopic (exact) mass is 418 g/mol. The van der Waals surface area contributed by atoms with Gasteiger partial charge in [0.1, 0.15) is 11.9 Å². The standard InChI is InChI=1S/C24H22N2O5/c27-20-9-5-4-8-18(20)15-25-19-12-10-17(11-13-19)23(29)22(24(30)31)26-21(28)14-16-6-2-1-3-7-16/h1-13,15,22-23,27,29H,14H2,(H,26,28)(H,30,31)/t22-,23-/m0/s1. The summed E-state index contributed by atoms with van der Waals surface area (Å²) in [6.45, 7) is 0. The zero-order valence-corrected chi connectivity index (χ0v) is 16.6. The van der Waals surface area contributed by atoms with Crippen molar-refractivity contribution in [2.24, 2.45) is 4.99 Å². The Balaban J connectivity index is 1.67. The fourth-order valence-electron chi connectivity index (χ4n) is 2.97. The van der Waals surface area contributed by atoms with E-state index in [1.807, 2.05) is 6.07 Å². The molecule has 0 spiro atoms. The lowest BCUT2D eigenvalue weighted by molar-refractivity contribution is -0.145. The molecular weight excluding hydrogens is 396 g/mol. The molecule has 0 fully saturated rings. The molecule has 0 saturated heterocycles. The number of hydrogen-bond acceptors (Lipinski definition) is 5. The van der Waals surface area contributed by atoms with E-state index >= 15 is 0 Å². The van der Waals surface area contributed by atoms with Gasteiger partial charge in [-0.2, -0.15) is 0 Å². The third-order valence-electron chi connectivity index (χ3n) is 4.63. The zero-order chi connectivity index (χ0) is 22.2. The van der Waals surface area contributed by atoms with Gasteiger partial charge in [-0.05, 0) is 35.4 Å². The van der Waals surface area contributed by atoms with Crippen molar-refractivity contribution in [3.05, 3.63) is 95.6 Å². The number of amides is 1. The van der Waals surface area contributed by atoms with Crippen LogP contribution in [0.5, 0.6) is 5.75 Å². The van der Waals surface area contributed by atoms with E-state index in [1.165, 1.54) is 6.21 Å². The maximum absolute atomic E-state index is 12.2. The average Bonchev–Trinajstić information content (AvgIpc) is 2.77. The van der Waals surface area contributed by atoms with Gasteiger partial charge < -0.3 is 20.6 Å². The van der Waals surface area contributed by atoms with Gasteiger partial charge in [-0.1, -0.05) is 54.6 Å². The first-order valence-electron chi connectivity index (χ1n) is 9.60. The number of carboxylic acids is 1. The number of hydrogen-bond donors (Lipinski definition) is 4. The molecule has 3 aromatic carbocycles. The van der Waals surface area contributed by atoms with Gasteiger partial charge in [-0.15, -0.1) is 0 Å². The number of carboxylic acid groups (broad SMARTS) is 1. The molecule has 4 N–H and O–H groups in total. The molecule has 0 unspecified atom stereocenters. The minimum Gasteiger partial charge on any atom is -0.507 e. The van der Waals surface area contributed by atoms with Crippen LogP contribution in [0, 0.1) is 0 Å². The number of aliphatic hydroxyl groups excluding tert-OH is 1. The first-order chi connectivity index (χ1) is 14.9. The van der Waals surface area contributed by atoms with Gasteiger partial charge in [0, 0.05) is 11.8 Å². The van der Waals surface area contributed by atoms with Gasteiger partial charge in [0.2, 0.25) is 5.91 Å². The predicted molar refractivity (Wildman–Crippen MR) is 116 cm³/mol. The number of rotatable bonds is 8. The Hall–Kier alpha value is -3.97. The molecule has 7 nitrogen and oxygen atoms in total. The Labute approximate surface area is 179 Å². The van der Waals surface area contributed by atoms with Crippen LogP contribution in [0.2, 0.25) is 0 Å². The number of nitrogens with zero attached hydrogens (tertiary/aromatic N) is 1. The summed E-state index contributed by atoms with van der Waals surface area (Å²) in [4.78, 5) is 28.1. The predicted octanol–water partition coefficient (Wildman–Crippen LogP) is 2.99. The second kappa shape index (κ2) is 10.2. The Morgan fingerprint density at radius 1 is 0.935 bits per heavy atom. The van der Waals surface area contributed by atoms with E-state index in [9.17, 15) is 24.9 Å². The zero-order valence-electron chi connectivity index (χ0n) is 16.6. The van der Waals surface area contributed by atoms with Crippen molar-refractivity contribution in [2.75, 3.05) is 0 Å². The lowest BCUT2D eigenvalue weighted by Gasteiger charge is -2.21. The highest BCUT2D eigenvalue weighted by atomic mass is 16.4. The quantitative estimate of drug-likeness (QED) is 0.419. The smallest absolute Gasteiger partial charge is 0.329 e. The number of aliphatic carboxylic acids is 1. The first kappa shape index (κ1) is 21.7. The number of carbonyl (C=O) groups excluding carboxylic acids is 1. The fraction of sp³-hybridized carbons (Fsp3) is 0.125. The van der Waals surface area contributed by atoms with E-state index in [4.69, 9.17) is 0 Å². The second-order valence-corrected chi connectivity index (χ2v) is 6.90. The van der Waals surface area contributed by atoms with E-state index in [-0.39, 0.29) is 12.2 Å². The van der Waals surface area contributed by atoms with Gasteiger partial charge in [0.05, 0.1) is 12.1 Å². The summed E-state index contributed by atoms with van der Waals surface area (Å²) in [6.07, 6.45) is 0.0792. The normalized spacial score (nSPS) is 12.9. The number of carbonyl (C=O) groups is 2. The van der Waals surface area contributed by atoms with Crippen LogP contribution in [0.15, 0.2) is 83.9 Å². The minimum atomic E-state index is -1.49. The number of para-hydroxylation sites is 1. The first-order valence-corrected chi connectivity index (χ1v) is 9.60. The molecule has 31 heavy (non-hydrogen) atoms. The Bertz CT molecular complexity index is 1060. The lowest BCUT2D eigenvalue weighted by Crippen LogP contribution is -2.45. The summed E-state index contributed by atoms with van der Waals surface area (Å²) < 4.78 is 0. The largest absolute Gasteiger partial charge is 0.507 e. The summed E-state index contributed by atoms with van der Waals surface area (Å²) in [5.41, 5.74) is 2.18. The second-order valence-electron chi connectivity index (χ2n) is 6.90.